The highest BCUT2D eigenvalue weighted by atomic mass is 19.1. The normalized spacial score (nSPS) is 26.6. The van der Waals surface area contributed by atoms with Gasteiger partial charge < -0.3 is 14.9 Å². The first kappa shape index (κ1) is 22.3. The molecule has 2 fully saturated rings. The number of likely N-dealkylation sites (tertiary alicyclic amines) is 1. The predicted octanol–water partition coefficient (Wildman–Crippen LogP) is 3.41. The number of alkyl halides is 1. The summed E-state index contributed by atoms with van der Waals surface area (Å²) in [5.74, 6) is -4.29. The van der Waals surface area contributed by atoms with Gasteiger partial charge in [0.05, 0.1) is 11.5 Å². The maximum absolute atomic E-state index is 14.4. The molecule has 172 valence electrons. The lowest BCUT2D eigenvalue weighted by molar-refractivity contribution is -0.145. The van der Waals surface area contributed by atoms with E-state index in [0.29, 0.717) is 31.9 Å². The molecule has 7 nitrogen and oxygen atoms in total. The molecule has 1 aromatic heterocycles. The van der Waals surface area contributed by atoms with Gasteiger partial charge in [-0.05, 0) is 31.4 Å². The zero-order valence-electron chi connectivity index (χ0n) is 17.3. The van der Waals surface area contributed by atoms with Crippen molar-refractivity contribution in [2.24, 2.45) is 5.92 Å². The fraction of sp³-hybridized carbons (Fsp3) is 0.500. The molecule has 4 atom stereocenters. The fourth-order valence-electron chi connectivity index (χ4n) is 4.62. The van der Waals surface area contributed by atoms with E-state index >= 15 is 0 Å². The van der Waals surface area contributed by atoms with Crippen LogP contribution in [0.1, 0.15) is 42.6 Å². The molecule has 1 saturated heterocycles. The van der Waals surface area contributed by atoms with Gasteiger partial charge in [-0.3, -0.25) is 14.5 Å². The molecule has 0 bridgehead atoms. The SMILES string of the molecule is O=C(N[C@@H]1CCN([C@@H]2CCCC[C@H]2F)C[C@H]1C(=O)O)c1cc(-c2ccc(F)cc2F)on1. The Hall–Kier alpha value is -2.88. The zero-order valence-corrected chi connectivity index (χ0v) is 17.3. The first-order valence-corrected chi connectivity index (χ1v) is 10.7. The third-order valence-corrected chi connectivity index (χ3v) is 6.33. The molecular formula is C22H24F3N3O4. The van der Waals surface area contributed by atoms with Crippen LogP contribution in [0.25, 0.3) is 11.3 Å². The Labute approximate surface area is 182 Å². The first-order valence-electron chi connectivity index (χ1n) is 10.7. The van der Waals surface area contributed by atoms with Gasteiger partial charge in [0, 0.05) is 37.3 Å². The number of halogens is 3. The summed E-state index contributed by atoms with van der Waals surface area (Å²) in [6, 6.07) is 3.18. The lowest BCUT2D eigenvalue weighted by Gasteiger charge is -2.43. The number of hydrogen-bond acceptors (Lipinski definition) is 5. The molecule has 2 aromatic rings. The average molecular weight is 451 g/mol. The molecule has 2 aliphatic rings. The van der Waals surface area contributed by atoms with Crippen molar-refractivity contribution in [1.29, 1.82) is 0 Å². The van der Waals surface area contributed by atoms with E-state index in [4.69, 9.17) is 4.52 Å². The van der Waals surface area contributed by atoms with Crippen molar-refractivity contribution in [1.82, 2.24) is 15.4 Å². The Bertz CT molecular complexity index is 999. The minimum absolute atomic E-state index is 0.0523. The Balaban J connectivity index is 1.43. The van der Waals surface area contributed by atoms with Crippen LogP contribution in [-0.4, -0.2) is 58.4 Å². The minimum Gasteiger partial charge on any atom is -0.481 e. The van der Waals surface area contributed by atoms with E-state index < -0.39 is 41.6 Å². The second-order valence-corrected chi connectivity index (χ2v) is 8.38. The number of hydrogen-bond donors (Lipinski definition) is 2. The van der Waals surface area contributed by atoms with Crippen molar-refractivity contribution in [3.63, 3.8) is 0 Å². The lowest BCUT2D eigenvalue weighted by Crippen LogP contribution is -2.57. The third kappa shape index (κ3) is 4.64. The Morgan fingerprint density at radius 2 is 1.94 bits per heavy atom. The molecule has 0 unspecified atom stereocenters. The maximum Gasteiger partial charge on any atom is 0.309 e. The van der Waals surface area contributed by atoms with Crippen LogP contribution in [-0.2, 0) is 4.79 Å². The summed E-state index contributed by atoms with van der Waals surface area (Å²) in [4.78, 5) is 26.4. The molecule has 1 saturated carbocycles. The summed E-state index contributed by atoms with van der Waals surface area (Å²) >= 11 is 0. The van der Waals surface area contributed by atoms with Gasteiger partial charge in [-0.25, -0.2) is 13.2 Å². The molecule has 0 spiro atoms. The van der Waals surface area contributed by atoms with Crippen LogP contribution in [0.3, 0.4) is 0 Å². The summed E-state index contributed by atoms with van der Waals surface area (Å²) in [5.41, 5.74) is -0.200. The highest BCUT2D eigenvalue weighted by molar-refractivity contribution is 5.93. The topological polar surface area (TPSA) is 95.7 Å². The van der Waals surface area contributed by atoms with Crippen LogP contribution in [0.15, 0.2) is 28.8 Å². The summed E-state index contributed by atoms with van der Waals surface area (Å²) in [5, 5.41) is 16.0. The smallest absolute Gasteiger partial charge is 0.309 e. The zero-order chi connectivity index (χ0) is 22.8. The molecule has 4 rings (SSSR count). The summed E-state index contributed by atoms with van der Waals surface area (Å²) in [7, 11) is 0. The molecule has 1 aromatic carbocycles. The number of amides is 1. The van der Waals surface area contributed by atoms with E-state index in [1.807, 2.05) is 4.90 Å². The fourth-order valence-corrected chi connectivity index (χ4v) is 4.62. The standard InChI is InChI=1S/C22H24F3N3O4/c23-12-5-6-13(16(25)9-12)20-10-18(27-32-20)21(29)26-17-7-8-28(11-14(17)22(30)31)19-4-2-1-3-15(19)24/h5-6,9-10,14-15,17,19H,1-4,7-8,11H2,(H,26,29)(H,30,31)/t14-,15-,17-,19-/m1/s1. The number of carbonyl (C=O) groups is 2. The van der Waals surface area contributed by atoms with Crippen LogP contribution in [0.4, 0.5) is 13.2 Å². The number of aliphatic carboxylic acids is 1. The third-order valence-electron chi connectivity index (χ3n) is 6.33. The van der Waals surface area contributed by atoms with E-state index in [-0.39, 0.29) is 29.6 Å². The van der Waals surface area contributed by atoms with Crippen molar-refractivity contribution < 1.29 is 32.4 Å². The molecule has 2 N–H and O–H groups in total. The van der Waals surface area contributed by atoms with Crippen molar-refractivity contribution >= 4 is 11.9 Å². The number of rotatable bonds is 5. The van der Waals surface area contributed by atoms with Crippen LogP contribution >= 0.6 is 0 Å². The molecule has 32 heavy (non-hydrogen) atoms. The van der Waals surface area contributed by atoms with Gasteiger partial charge >= 0.3 is 5.97 Å². The second kappa shape index (κ2) is 9.32. The number of piperidine rings is 1. The largest absolute Gasteiger partial charge is 0.481 e. The Kier molecular flexibility index (Phi) is 6.50. The highest BCUT2D eigenvalue weighted by Crippen LogP contribution is 2.30. The molecule has 1 aliphatic heterocycles. The number of benzene rings is 1. The van der Waals surface area contributed by atoms with Crippen LogP contribution in [0, 0.1) is 17.6 Å². The maximum atomic E-state index is 14.4. The van der Waals surface area contributed by atoms with E-state index in [0.717, 1.165) is 18.9 Å². The minimum atomic E-state index is -1.07. The van der Waals surface area contributed by atoms with Crippen LogP contribution in [0.2, 0.25) is 0 Å². The Morgan fingerprint density at radius 1 is 1.16 bits per heavy atom. The van der Waals surface area contributed by atoms with Gasteiger partial charge in [-0.15, -0.1) is 0 Å². The van der Waals surface area contributed by atoms with E-state index in [2.05, 4.69) is 10.5 Å². The van der Waals surface area contributed by atoms with E-state index in [9.17, 15) is 27.9 Å². The van der Waals surface area contributed by atoms with Gasteiger partial charge in [-0.1, -0.05) is 18.0 Å². The van der Waals surface area contributed by atoms with Gasteiger partial charge in [-0.2, -0.15) is 0 Å². The first-order chi connectivity index (χ1) is 15.3. The van der Waals surface area contributed by atoms with Crippen molar-refractivity contribution in [2.75, 3.05) is 13.1 Å². The Morgan fingerprint density at radius 3 is 2.66 bits per heavy atom. The van der Waals surface area contributed by atoms with Crippen molar-refractivity contribution in [2.45, 2.75) is 50.4 Å². The monoisotopic (exact) mass is 451 g/mol. The number of carboxylic acids is 1. The number of carbonyl (C=O) groups excluding carboxylic acids is 1. The molecule has 1 aliphatic carbocycles. The molecular weight excluding hydrogens is 427 g/mol. The number of carboxylic acid groups (broad SMARTS) is 1. The summed E-state index contributed by atoms with van der Waals surface area (Å²) in [6.07, 6.45) is 2.33. The number of nitrogens with one attached hydrogen (secondary N) is 1. The van der Waals surface area contributed by atoms with Gasteiger partial charge in [0.15, 0.2) is 11.5 Å². The lowest BCUT2D eigenvalue weighted by atomic mass is 9.86. The molecule has 2 heterocycles. The highest BCUT2D eigenvalue weighted by Gasteiger charge is 2.40. The van der Waals surface area contributed by atoms with E-state index in [1.165, 1.54) is 12.1 Å². The van der Waals surface area contributed by atoms with Gasteiger partial charge in [0.25, 0.3) is 5.91 Å². The van der Waals surface area contributed by atoms with Crippen LogP contribution < -0.4 is 5.32 Å². The second-order valence-electron chi connectivity index (χ2n) is 8.38. The quantitative estimate of drug-likeness (QED) is 0.724. The van der Waals surface area contributed by atoms with Gasteiger partial charge in [0.2, 0.25) is 0 Å². The molecule has 1 amide bonds. The van der Waals surface area contributed by atoms with Gasteiger partial charge in [0.1, 0.15) is 17.8 Å². The van der Waals surface area contributed by atoms with Crippen LogP contribution in [0.5, 0.6) is 0 Å². The van der Waals surface area contributed by atoms with E-state index in [1.54, 1.807) is 0 Å². The molecule has 10 heteroatoms. The number of nitrogens with zero attached hydrogens (tertiary/aromatic N) is 2. The predicted molar refractivity (Wildman–Crippen MR) is 108 cm³/mol. The van der Waals surface area contributed by atoms with Crippen molar-refractivity contribution in [3.8, 4) is 11.3 Å². The summed E-state index contributed by atoms with van der Waals surface area (Å²) in [6.45, 7) is 0.626. The average Bonchev–Trinajstić information content (AvgIpc) is 3.24. The van der Waals surface area contributed by atoms with Crippen molar-refractivity contribution in [3.05, 3.63) is 41.6 Å². The number of aromatic nitrogens is 1. The molecule has 0 radical (unpaired) electrons. The summed E-state index contributed by atoms with van der Waals surface area (Å²) < 4.78 is 46.4.